The largest absolute Gasteiger partial charge is 0.481 e. The van der Waals surface area contributed by atoms with E-state index < -0.39 is 5.97 Å². The van der Waals surface area contributed by atoms with E-state index in [0.29, 0.717) is 25.2 Å². The fraction of sp³-hybridized carbons (Fsp3) is 0.833. The van der Waals surface area contributed by atoms with Gasteiger partial charge in [0.25, 0.3) is 0 Å². The molecule has 0 aromatic carbocycles. The normalized spacial score (nSPS) is 23.6. The molecule has 1 saturated carbocycles. The molecule has 0 aromatic rings. The van der Waals surface area contributed by atoms with Crippen molar-refractivity contribution in [3.63, 3.8) is 0 Å². The van der Waals surface area contributed by atoms with Crippen LogP contribution in [-0.4, -0.2) is 48.2 Å². The van der Waals surface area contributed by atoms with Gasteiger partial charge in [-0.1, -0.05) is 0 Å². The van der Waals surface area contributed by atoms with E-state index in [1.807, 2.05) is 0 Å². The van der Waals surface area contributed by atoms with Crippen LogP contribution in [0.15, 0.2) is 0 Å². The minimum absolute atomic E-state index is 0.0369. The summed E-state index contributed by atoms with van der Waals surface area (Å²) in [6.45, 7) is 0.654. The lowest BCUT2D eigenvalue weighted by Gasteiger charge is -2.26. The molecule has 0 aliphatic heterocycles. The number of carbonyl (C=O) groups excluding carboxylic acids is 1. The first kappa shape index (κ1) is 15.3. The second-order valence-electron chi connectivity index (χ2n) is 4.50. The monoisotopic (exact) mass is 275 g/mol. The third-order valence-corrected chi connectivity index (χ3v) is 4.03. The number of amides is 1. The molecule has 1 amide bonds. The molecule has 0 atom stereocenters. The Bertz CT molecular complexity index is 277. The molecule has 1 fully saturated rings. The summed E-state index contributed by atoms with van der Waals surface area (Å²) >= 11 is 1.55. The van der Waals surface area contributed by atoms with Crippen LogP contribution in [0, 0.1) is 5.92 Å². The van der Waals surface area contributed by atoms with E-state index in [0.717, 1.165) is 18.6 Å². The van der Waals surface area contributed by atoms with Gasteiger partial charge in [-0.15, -0.1) is 11.8 Å². The third kappa shape index (κ3) is 5.73. The number of carboxylic acids is 1. The zero-order valence-electron chi connectivity index (χ0n) is 10.7. The molecule has 1 aliphatic rings. The molecule has 0 saturated heterocycles. The maximum absolute atomic E-state index is 11.6. The van der Waals surface area contributed by atoms with Crippen molar-refractivity contribution in [3.8, 4) is 0 Å². The summed E-state index contributed by atoms with van der Waals surface area (Å²) in [7, 11) is 1.64. The summed E-state index contributed by atoms with van der Waals surface area (Å²) in [6, 6.07) is 0.149. The van der Waals surface area contributed by atoms with Gasteiger partial charge in [-0.05, 0) is 25.7 Å². The summed E-state index contributed by atoms with van der Waals surface area (Å²) in [6.07, 6.45) is 2.87. The Morgan fingerprint density at radius 3 is 2.56 bits per heavy atom. The Morgan fingerprint density at radius 1 is 1.33 bits per heavy atom. The van der Waals surface area contributed by atoms with Crippen LogP contribution in [0.2, 0.25) is 0 Å². The van der Waals surface area contributed by atoms with Crippen LogP contribution in [0.5, 0.6) is 0 Å². The second kappa shape index (κ2) is 8.37. The zero-order chi connectivity index (χ0) is 13.4. The number of carboxylic acid groups (broad SMARTS) is 1. The molecule has 0 aromatic heterocycles. The number of hydrogen-bond donors (Lipinski definition) is 2. The van der Waals surface area contributed by atoms with E-state index in [4.69, 9.17) is 9.84 Å². The van der Waals surface area contributed by atoms with E-state index in [1.165, 1.54) is 0 Å². The van der Waals surface area contributed by atoms with Crippen molar-refractivity contribution in [2.24, 2.45) is 5.92 Å². The summed E-state index contributed by atoms with van der Waals surface area (Å²) in [5.41, 5.74) is 0. The average molecular weight is 275 g/mol. The van der Waals surface area contributed by atoms with E-state index in [-0.39, 0.29) is 17.9 Å². The van der Waals surface area contributed by atoms with Crippen LogP contribution in [0.4, 0.5) is 0 Å². The fourth-order valence-corrected chi connectivity index (χ4v) is 2.76. The summed E-state index contributed by atoms with van der Waals surface area (Å²) in [5, 5.41) is 11.8. The van der Waals surface area contributed by atoms with Crippen molar-refractivity contribution in [3.05, 3.63) is 0 Å². The molecule has 0 spiro atoms. The van der Waals surface area contributed by atoms with E-state index >= 15 is 0 Å². The van der Waals surface area contributed by atoms with Crippen molar-refractivity contribution in [1.29, 1.82) is 0 Å². The molecule has 1 aliphatic carbocycles. The molecule has 5 nitrogen and oxygen atoms in total. The van der Waals surface area contributed by atoms with Gasteiger partial charge >= 0.3 is 5.97 Å². The van der Waals surface area contributed by atoms with Gasteiger partial charge in [-0.25, -0.2) is 0 Å². The zero-order valence-corrected chi connectivity index (χ0v) is 11.5. The minimum Gasteiger partial charge on any atom is -0.481 e. The molecule has 0 radical (unpaired) electrons. The van der Waals surface area contributed by atoms with Crippen molar-refractivity contribution in [2.45, 2.75) is 31.7 Å². The lowest BCUT2D eigenvalue weighted by atomic mass is 9.86. The van der Waals surface area contributed by atoms with Crippen molar-refractivity contribution < 1.29 is 19.4 Å². The van der Waals surface area contributed by atoms with Crippen molar-refractivity contribution in [1.82, 2.24) is 5.32 Å². The molecular weight excluding hydrogens is 254 g/mol. The number of carbonyl (C=O) groups is 2. The predicted octanol–water partition coefficient (Wildman–Crippen LogP) is 1.13. The molecule has 104 valence electrons. The van der Waals surface area contributed by atoms with Crippen LogP contribution in [-0.2, 0) is 14.3 Å². The fourth-order valence-electron chi connectivity index (χ4n) is 2.06. The SMILES string of the molecule is COCCSCC(=O)NC1CCC(C(=O)O)CC1. The number of methoxy groups -OCH3 is 1. The number of aliphatic carboxylic acids is 1. The Kier molecular flexibility index (Phi) is 7.12. The average Bonchev–Trinajstić information content (AvgIpc) is 2.35. The summed E-state index contributed by atoms with van der Waals surface area (Å²) in [5.74, 6) is 0.358. The number of rotatable bonds is 7. The van der Waals surface area contributed by atoms with Crippen LogP contribution in [0.25, 0.3) is 0 Å². The highest BCUT2D eigenvalue weighted by Crippen LogP contribution is 2.24. The van der Waals surface area contributed by atoms with Crippen molar-refractivity contribution >= 4 is 23.6 Å². The maximum atomic E-state index is 11.6. The van der Waals surface area contributed by atoms with Crippen LogP contribution < -0.4 is 5.32 Å². The third-order valence-electron chi connectivity index (χ3n) is 3.11. The van der Waals surface area contributed by atoms with Gasteiger partial charge < -0.3 is 15.2 Å². The standard InChI is InChI=1S/C12H21NO4S/c1-17-6-7-18-8-11(14)13-10-4-2-9(3-5-10)12(15)16/h9-10H,2-8H2,1H3,(H,13,14)(H,15,16). The van der Waals surface area contributed by atoms with Gasteiger partial charge in [0, 0.05) is 18.9 Å². The van der Waals surface area contributed by atoms with Gasteiger partial charge in [-0.3, -0.25) is 9.59 Å². The highest BCUT2D eigenvalue weighted by Gasteiger charge is 2.26. The van der Waals surface area contributed by atoms with Crippen molar-refractivity contribution in [2.75, 3.05) is 25.2 Å². The molecular formula is C12H21NO4S. The summed E-state index contributed by atoms with van der Waals surface area (Å²) < 4.78 is 4.90. The quantitative estimate of drug-likeness (QED) is 0.681. The van der Waals surface area contributed by atoms with Crippen LogP contribution in [0.3, 0.4) is 0 Å². The minimum atomic E-state index is -0.713. The number of ether oxygens (including phenoxy) is 1. The van der Waals surface area contributed by atoms with Gasteiger partial charge in [0.1, 0.15) is 0 Å². The topological polar surface area (TPSA) is 75.6 Å². The highest BCUT2D eigenvalue weighted by molar-refractivity contribution is 7.99. The van der Waals surface area contributed by atoms with Gasteiger partial charge in [0.2, 0.25) is 5.91 Å². The van der Waals surface area contributed by atoms with E-state index in [9.17, 15) is 9.59 Å². The summed E-state index contributed by atoms with van der Waals surface area (Å²) in [4.78, 5) is 22.4. The smallest absolute Gasteiger partial charge is 0.306 e. The Balaban J connectivity index is 2.12. The molecule has 18 heavy (non-hydrogen) atoms. The molecule has 0 bridgehead atoms. The first-order valence-electron chi connectivity index (χ1n) is 6.22. The lowest BCUT2D eigenvalue weighted by Crippen LogP contribution is -2.39. The van der Waals surface area contributed by atoms with E-state index in [2.05, 4.69) is 5.32 Å². The first-order valence-corrected chi connectivity index (χ1v) is 7.37. The highest BCUT2D eigenvalue weighted by atomic mass is 32.2. The Morgan fingerprint density at radius 2 is 2.00 bits per heavy atom. The lowest BCUT2D eigenvalue weighted by molar-refractivity contribution is -0.142. The molecule has 0 heterocycles. The van der Waals surface area contributed by atoms with E-state index in [1.54, 1.807) is 18.9 Å². The molecule has 2 N–H and O–H groups in total. The van der Waals surface area contributed by atoms with Gasteiger partial charge in [-0.2, -0.15) is 0 Å². The number of hydrogen-bond acceptors (Lipinski definition) is 4. The first-order chi connectivity index (χ1) is 8.63. The molecule has 6 heteroatoms. The van der Waals surface area contributed by atoms with Crippen LogP contribution in [0.1, 0.15) is 25.7 Å². The molecule has 1 rings (SSSR count). The van der Waals surface area contributed by atoms with Gasteiger partial charge in [0.05, 0.1) is 18.3 Å². The number of thioether (sulfide) groups is 1. The van der Waals surface area contributed by atoms with Crippen LogP contribution >= 0.6 is 11.8 Å². The number of nitrogens with one attached hydrogen (secondary N) is 1. The maximum Gasteiger partial charge on any atom is 0.306 e. The Labute approximate surface area is 112 Å². The van der Waals surface area contributed by atoms with Gasteiger partial charge in [0.15, 0.2) is 0 Å². The Hall–Kier alpha value is -0.750. The predicted molar refractivity (Wildman–Crippen MR) is 70.7 cm³/mol. The second-order valence-corrected chi connectivity index (χ2v) is 5.60. The molecule has 0 unspecified atom stereocenters.